The van der Waals surface area contributed by atoms with E-state index in [2.05, 4.69) is 24.1 Å². The van der Waals surface area contributed by atoms with Crippen molar-refractivity contribution in [3.63, 3.8) is 0 Å². The molecule has 0 heterocycles. The summed E-state index contributed by atoms with van der Waals surface area (Å²) in [7, 11) is 0. The van der Waals surface area contributed by atoms with Crippen LogP contribution >= 0.6 is 0 Å². The molecule has 21 heavy (non-hydrogen) atoms. The number of carbonyl (C=O) groups is 1. The van der Waals surface area contributed by atoms with Gasteiger partial charge in [0.2, 0.25) is 0 Å². The van der Waals surface area contributed by atoms with E-state index in [1.54, 1.807) is 6.07 Å². The topological polar surface area (TPSA) is 55.1 Å². The molecule has 0 radical (unpaired) electrons. The summed E-state index contributed by atoms with van der Waals surface area (Å²) in [6.07, 6.45) is 4.23. The predicted octanol–water partition coefficient (Wildman–Crippen LogP) is 2.83. The minimum Gasteiger partial charge on any atom is -0.349 e. The van der Waals surface area contributed by atoms with Gasteiger partial charge >= 0.3 is 0 Å². The predicted molar refractivity (Wildman–Crippen MR) is 83.4 cm³/mol. The second-order valence-electron chi connectivity index (χ2n) is 5.07. The highest BCUT2D eigenvalue weighted by molar-refractivity contribution is 5.95. The first-order valence-corrected chi connectivity index (χ1v) is 7.37. The summed E-state index contributed by atoms with van der Waals surface area (Å²) in [5, 5.41) is 2.83. The minimum atomic E-state index is -0.536. The standard InChI is InChI=1S/C17H23FN2O/c1-3-4-5-7-13(2)20-17(21)15-12-14(8-6-11-19)9-10-16(15)18/h9-10,12-13H,3-5,7,11,19H2,1-2H3,(H,20,21). The van der Waals surface area contributed by atoms with E-state index >= 15 is 0 Å². The van der Waals surface area contributed by atoms with E-state index in [0.29, 0.717) is 5.56 Å². The van der Waals surface area contributed by atoms with E-state index in [0.717, 1.165) is 25.7 Å². The van der Waals surface area contributed by atoms with E-state index in [-0.39, 0.29) is 18.2 Å². The Morgan fingerprint density at radius 1 is 1.43 bits per heavy atom. The lowest BCUT2D eigenvalue weighted by molar-refractivity contribution is 0.0934. The number of amides is 1. The number of rotatable bonds is 6. The monoisotopic (exact) mass is 290 g/mol. The van der Waals surface area contributed by atoms with Crippen molar-refractivity contribution >= 4 is 5.91 Å². The molecule has 3 N–H and O–H groups in total. The van der Waals surface area contributed by atoms with Crippen LogP contribution in [0.4, 0.5) is 4.39 Å². The van der Waals surface area contributed by atoms with Gasteiger partial charge in [-0.2, -0.15) is 0 Å². The molecule has 0 spiro atoms. The maximum Gasteiger partial charge on any atom is 0.254 e. The fourth-order valence-corrected chi connectivity index (χ4v) is 2.00. The highest BCUT2D eigenvalue weighted by atomic mass is 19.1. The number of nitrogens with one attached hydrogen (secondary N) is 1. The van der Waals surface area contributed by atoms with Crippen molar-refractivity contribution in [1.29, 1.82) is 0 Å². The van der Waals surface area contributed by atoms with Gasteiger partial charge in [-0.15, -0.1) is 0 Å². The Morgan fingerprint density at radius 3 is 2.86 bits per heavy atom. The first-order valence-electron chi connectivity index (χ1n) is 7.37. The molecular weight excluding hydrogens is 267 g/mol. The van der Waals surface area contributed by atoms with Gasteiger partial charge in [0.05, 0.1) is 12.1 Å². The van der Waals surface area contributed by atoms with Crippen LogP contribution in [0, 0.1) is 17.7 Å². The van der Waals surface area contributed by atoms with Gasteiger partial charge in [-0.3, -0.25) is 4.79 Å². The third-order valence-corrected chi connectivity index (χ3v) is 3.16. The molecule has 114 valence electrons. The van der Waals surface area contributed by atoms with Crippen LogP contribution in [-0.4, -0.2) is 18.5 Å². The molecule has 1 unspecified atom stereocenters. The van der Waals surface area contributed by atoms with Crippen LogP contribution in [0.3, 0.4) is 0 Å². The summed E-state index contributed by atoms with van der Waals surface area (Å²) in [6.45, 7) is 4.30. The van der Waals surface area contributed by atoms with Gasteiger partial charge in [-0.1, -0.05) is 38.0 Å². The van der Waals surface area contributed by atoms with E-state index in [1.165, 1.54) is 12.1 Å². The lowest BCUT2D eigenvalue weighted by Gasteiger charge is -2.14. The molecule has 0 saturated heterocycles. The summed E-state index contributed by atoms with van der Waals surface area (Å²) in [4.78, 5) is 12.1. The van der Waals surface area contributed by atoms with Crippen molar-refractivity contribution in [3.05, 3.63) is 35.1 Å². The molecule has 0 bridgehead atoms. The molecule has 1 amide bonds. The fraction of sp³-hybridized carbons (Fsp3) is 0.471. The van der Waals surface area contributed by atoms with Crippen molar-refractivity contribution in [2.24, 2.45) is 5.73 Å². The van der Waals surface area contributed by atoms with Gasteiger partial charge < -0.3 is 11.1 Å². The zero-order valence-electron chi connectivity index (χ0n) is 12.7. The quantitative estimate of drug-likeness (QED) is 0.625. The van der Waals surface area contributed by atoms with Gasteiger partial charge in [0.1, 0.15) is 5.82 Å². The smallest absolute Gasteiger partial charge is 0.254 e. The van der Waals surface area contributed by atoms with Crippen LogP contribution in [0.15, 0.2) is 18.2 Å². The first-order chi connectivity index (χ1) is 10.1. The van der Waals surface area contributed by atoms with Crippen molar-refractivity contribution < 1.29 is 9.18 Å². The molecule has 0 aromatic heterocycles. The molecule has 0 aliphatic rings. The second kappa shape index (κ2) is 9.15. The molecule has 0 aliphatic carbocycles. The van der Waals surface area contributed by atoms with Crippen molar-refractivity contribution in [2.45, 2.75) is 45.6 Å². The molecule has 4 heteroatoms. The summed E-state index contributed by atoms with van der Waals surface area (Å²) >= 11 is 0. The summed E-state index contributed by atoms with van der Waals surface area (Å²) in [6, 6.07) is 4.30. The van der Waals surface area contributed by atoms with Crippen LogP contribution in [0.2, 0.25) is 0 Å². The van der Waals surface area contributed by atoms with Crippen molar-refractivity contribution in [1.82, 2.24) is 5.32 Å². The Kier molecular flexibility index (Phi) is 7.49. The summed E-state index contributed by atoms with van der Waals surface area (Å²) in [5.41, 5.74) is 5.92. The lowest BCUT2D eigenvalue weighted by Crippen LogP contribution is -2.33. The Morgan fingerprint density at radius 2 is 2.19 bits per heavy atom. The Hall–Kier alpha value is -1.86. The molecule has 0 saturated carbocycles. The number of hydrogen-bond acceptors (Lipinski definition) is 2. The fourth-order valence-electron chi connectivity index (χ4n) is 2.00. The van der Waals surface area contributed by atoms with E-state index in [1.807, 2.05) is 6.92 Å². The zero-order chi connectivity index (χ0) is 15.7. The largest absolute Gasteiger partial charge is 0.349 e. The average Bonchev–Trinajstić information content (AvgIpc) is 2.46. The van der Waals surface area contributed by atoms with Gasteiger partial charge in [0.25, 0.3) is 5.91 Å². The Bertz CT molecular complexity index is 531. The average molecular weight is 290 g/mol. The molecule has 1 atom stereocenters. The molecule has 1 aromatic carbocycles. The molecule has 1 rings (SSSR count). The van der Waals surface area contributed by atoms with Crippen LogP contribution in [-0.2, 0) is 0 Å². The Balaban J connectivity index is 2.72. The minimum absolute atomic E-state index is 0.0289. The van der Waals surface area contributed by atoms with E-state index in [9.17, 15) is 9.18 Å². The highest BCUT2D eigenvalue weighted by Gasteiger charge is 2.14. The normalized spacial score (nSPS) is 11.4. The maximum atomic E-state index is 13.8. The maximum absolute atomic E-state index is 13.8. The molecule has 1 aromatic rings. The van der Waals surface area contributed by atoms with Crippen LogP contribution in [0.25, 0.3) is 0 Å². The first kappa shape index (κ1) is 17.2. The number of benzene rings is 1. The Labute approximate surface area is 126 Å². The number of halogens is 1. The number of carbonyl (C=O) groups excluding carboxylic acids is 1. The molecule has 3 nitrogen and oxygen atoms in total. The third kappa shape index (κ3) is 5.97. The zero-order valence-corrected chi connectivity index (χ0v) is 12.7. The molecule has 0 aliphatic heterocycles. The van der Waals surface area contributed by atoms with Gasteiger partial charge in [0, 0.05) is 11.6 Å². The highest BCUT2D eigenvalue weighted by Crippen LogP contribution is 2.11. The van der Waals surface area contributed by atoms with Gasteiger partial charge in [0.15, 0.2) is 0 Å². The SMILES string of the molecule is CCCCCC(C)NC(=O)c1cc(C#CCN)ccc1F. The number of unbranched alkanes of at least 4 members (excludes halogenated alkanes) is 2. The molecule has 0 fully saturated rings. The molecular formula is C17H23FN2O. The lowest BCUT2D eigenvalue weighted by atomic mass is 10.1. The van der Waals surface area contributed by atoms with Crippen LogP contribution < -0.4 is 11.1 Å². The number of nitrogens with two attached hydrogens (primary N) is 1. The van der Waals surface area contributed by atoms with Crippen molar-refractivity contribution in [3.8, 4) is 11.8 Å². The number of hydrogen-bond donors (Lipinski definition) is 2. The van der Waals surface area contributed by atoms with E-state index < -0.39 is 11.7 Å². The summed E-state index contributed by atoms with van der Waals surface area (Å²) in [5.74, 6) is 4.56. The third-order valence-electron chi connectivity index (χ3n) is 3.16. The van der Waals surface area contributed by atoms with Crippen molar-refractivity contribution in [2.75, 3.05) is 6.54 Å². The second-order valence-corrected chi connectivity index (χ2v) is 5.07. The van der Waals surface area contributed by atoms with Gasteiger partial charge in [-0.05, 0) is 31.5 Å². The summed E-state index contributed by atoms with van der Waals surface area (Å²) < 4.78 is 13.8. The van der Waals surface area contributed by atoms with Crippen LogP contribution in [0.5, 0.6) is 0 Å². The van der Waals surface area contributed by atoms with Gasteiger partial charge in [-0.25, -0.2) is 4.39 Å². The van der Waals surface area contributed by atoms with Crippen LogP contribution in [0.1, 0.15) is 55.5 Å². The van der Waals surface area contributed by atoms with E-state index in [4.69, 9.17) is 5.73 Å².